The van der Waals surface area contributed by atoms with Gasteiger partial charge in [0.1, 0.15) is 11.8 Å². The fourth-order valence-corrected chi connectivity index (χ4v) is 3.20. The summed E-state index contributed by atoms with van der Waals surface area (Å²) in [5.74, 6) is 1.67. The van der Waals surface area contributed by atoms with E-state index in [4.69, 9.17) is 4.42 Å². The van der Waals surface area contributed by atoms with Crippen LogP contribution in [0.1, 0.15) is 50.3 Å². The molecule has 3 rings (SSSR count). The third-order valence-electron chi connectivity index (χ3n) is 4.46. The minimum Gasteiger partial charge on any atom is -0.467 e. The van der Waals surface area contributed by atoms with E-state index in [0.29, 0.717) is 13.0 Å². The highest BCUT2D eigenvalue weighted by molar-refractivity contribution is 5.75. The molecule has 2 heterocycles. The van der Waals surface area contributed by atoms with Crippen molar-refractivity contribution in [3.05, 3.63) is 42.6 Å². The lowest BCUT2D eigenvalue weighted by molar-refractivity contribution is -0.121. The number of carbonyl (C=O) groups is 1. The Morgan fingerprint density at radius 2 is 2.27 bits per heavy atom. The summed E-state index contributed by atoms with van der Waals surface area (Å²) in [5.41, 5.74) is 0. The summed E-state index contributed by atoms with van der Waals surface area (Å²) >= 11 is 0. The van der Waals surface area contributed by atoms with Crippen molar-refractivity contribution in [2.24, 2.45) is 5.92 Å². The molecule has 5 heteroatoms. The van der Waals surface area contributed by atoms with Gasteiger partial charge in [0.25, 0.3) is 0 Å². The summed E-state index contributed by atoms with van der Waals surface area (Å²) in [5, 5.41) is 7.29. The molecule has 0 bridgehead atoms. The minimum atomic E-state index is -0.0968. The predicted octanol–water partition coefficient (Wildman–Crippen LogP) is 3.15. The number of nitrogens with one attached hydrogen (secondary N) is 1. The highest BCUT2D eigenvalue weighted by atomic mass is 16.3. The third-order valence-corrected chi connectivity index (χ3v) is 4.46. The van der Waals surface area contributed by atoms with Crippen LogP contribution in [0.25, 0.3) is 0 Å². The first-order valence-corrected chi connectivity index (χ1v) is 8.12. The Labute approximate surface area is 130 Å². The number of rotatable bonds is 7. The summed E-state index contributed by atoms with van der Waals surface area (Å²) in [4.78, 5) is 12.1. The zero-order valence-electron chi connectivity index (χ0n) is 12.8. The molecule has 2 aromatic heterocycles. The standard InChI is InChI=1S/C17H23N3O2/c21-17(9-8-14-5-1-2-6-14)18-13-15(16-7-3-12-22-16)20-11-4-10-19-20/h3-4,7,10-12,14-15H,1-2,5-6,8-9,13H2,(H,18,21). The quantitative estimate of drug-likeness (QED) is 0.854. The van der Waals surface area contributed by atoms with Crippen molar-refractivity contribution in [3.8, 4) is 0 Å². The maximum absolute atomic E-state index is 12.1. The fraction of sp³-hybridized carbons (Fsp3) is 0.529. The van der Waals surface area contributed by atoms with E-state index in [2.05, 4.69) is 10.4 Å². The first-order chi connectivity index (χ1) is 10.8. The van der Waals surface area contributed by atoms with Gasteiger partial charge in [0.15, 0.2) is 0 Å². The van der Waals surface area contributed by atoms with Gasteiger partial charge in [0, 0.05) is 25.4 Å². The van der Waals surface area contributed by atoms with Crippen LogP contribution < -0.4 is 5.32 Å². The van der Waals surface area contributed by atoms with Gasteiger partial charge in [-0.15, -0.1) is 0 Å². The van der Waals surface area contributed by atoms with E-state index in [1.807, 2.05) is 29.1 Å². The molecule has 1 fully saturated rings. The molecule has 1 unspecified atom stereocenters. The smallest absolute Gasteiger partial charge is 0.220 e. The van der Waals surface area contributed by atoms with Gasteiger partial charge in [-0.1, -0.05) is 25.7 Å². The zero-order valence-corrected chi connectivity index (χ0v) is 12.8. The second kappa shape index (κ2) is 7.29. The Morgan fingerprint density at radius 1 is 1.41 bits per heavy atom. The van der Waals surface area contributed by atoms with Crippen LogP contribution in [0.5, 0.6) is 0 Å². The van der Waals surface area contributed by atoms with E-state index < -0.39 is 0 Å². The molecule has 1 atom stereocenters. The largest absolute Gasteiger partial charge is 0.467 e. The van der Waals surface area contributed by atoms with Gasteiger partial charge >= 0.3 is 0 Å². The third kappa shape index (κ3) is 3.78. The van der Waals surface area contributed by atoms with Crippen molar-refractivity contribution in [1.29, 1.82) is 0 Å². The number of amides is 1. The lowest BCUT2D eigenvalue weighted by Gasteiger charge is -2.16. The van der Waals surface area contributed by atoms with E-state index >= 15 is 0 Å². The number of hydrogen-bond donors (Lipinski definition) is 1. The van der Waals surface area contributed by atoms with E-state index in [9.17, 15) is 4.79 Å². The summed E-state index contributed by atoms with van der Waals surface area (Å²) in [6.45, 7) is 0.499. The first kappa shape index (κ1) is 14.9. The van der Waals surface area contributed by atoms with Crippen LogP contribution in [0.2, 0.25) is 0 Å². The van der Waals surface area contributed by atoms with Gasteiger partial charge < -0.3 is 9.73 Å². The number of aromatic nitrogens is 2. The minimum absolute atomic E-state index is 0.0968. The van der Waals surface area contributed by atoms with Crippen LogP contribution in [0.15, 0.2) is 41.3 Å². The van der Waals surface area contributed by atoms with Gasteiger partial charge in [-0.2, -0.15) is 5.10 Å². The van der Waals surface area contributed by atoms with Crippen LogP contribution >= 0.6 is 0 Å². The zero-order chi connectivity index (χ0) is 15.2. The number of carbonyl (C=O) groups excluding carboxylic acids is 1. The average Bonchev–Trinajstić information content (AvgIpc) is 3.27. The van der Waals surface area contributed by atoms with Gasteiger partial charge in [-0.3, -0.25) is 9.48 Å². The summed E-state index contributed by atoms with van der Waals surface area (Å²) < 4.78 is 7.30. The van der Waals surface area contributed by atoms with E-state index in [0.717, 1.165) is 18.1 Å². The molecule has 1 aliphatic rings. The normalized spacial score (nSPS) is 16.7. The van der Waals surface area contributed by atoms with Crippen LogP contribution in [0, 0.1) is 5.92 Å². The lowest BCUT2D eigenvalue weighted by Crippen LogP contribution is -2.31. The van der Waals surface area contributed by atoms with Crippen LogP contribution in [0.4, 0.5) is 0 Å². The molecule has 0 saturated heterocycles. The number of furan rings is 1. The van der Waals surface area contributed by atoms with Gasteiger partial charge in [-0.25, -0.2) is 0 Å². The predicted molar refractivity (Wildman–Crippen MR) is 83.3 cm³/mol. The fourth-order valence-electron chi connectivity index (χ4n) is 3.20. The number of nitrogens with zero attached hydrogens (tertiary/aromatic N) is 2. The SMILES string of the molecule is O=C(CCC1CCCC1)NCC(c1ccco1)n1cccn1. The molecular weight excluding hydrogens is 278 g/mol. The van der Waals surface area contributed by atoms with Gasteiger partial charge in [-0.05, 0) is 30.5 Å². The van der Waals surface area contributed by atoms with E-state index in [-0.39, 0.29) is 11.9 Å². The van der Waals surface area contributed by atoms with Crippen LogP contribution in [-0.2, 0) is 4.79 Å². The Hall–Kier alpha value is -2.04. The molecule has 1 amide bonds. The van der Waals surface area contributed by atoms with Crippen LogP contribution in [-0.4, -0.2) is 22.2 Å². The van der Waals surface area contributed by atoms with Crippen molar-refractivity contribution in [3.63, 3.8) is 0 Å². The summed E-state index contributed by atoms with van der Waals surface area (Å²) in [6, 6.07) is 5.54. The molecule has 1 aliphatic carbocycles. The van der Waals surface area contributed by atoms with Gasteiger partial charge in [0.2, 0.25) is 5.91 Å². The van der Waals surface area contributed by atoms with Crippen molar-refractivity contribution in [1.82, 2.24) is 15.1 Å². The highest BCUT2D eigenvalue weighted by Crippen LogP contribution is 2.28. The van der Waals surface area contributed by atoms with Gasteiger partial charge in [0.05, 0.1) is 6.26 Å². The average molecular weight is 301 g/mol. The first-order valence-electron chi connectivity index (χ1n) is 8.12. The molecule has 0 spiro atoms. The maximum Gasteiger partial charge on any atom is 0.220 e. The summed E-state index contributed by atoms with van der Waals surface area (Å²) in [6.07, 6.45) is 12.1. The molecule has 2 aromatic rings. The lowest BCUT2D eigenvalue weighted by atomic mass is 10.0. The Morgan fingerprint density at radius 3 is 2.95 bits per heavy atom. The van der Waals surface area contributed by atoms with Crippen molar-refractivity contribution >= 4 is 5.91 Å². The molecule has 1 saturated carbocycles. The molecule has 0 radical (unpaired) electrons. The molecule has 22 heavy (non-hydrogen) atoms. The molecule has 0 aromatic carbocycles. The Kier molecular flexibility index (Phi) is 4.93. The monoisotopic (exact) mass is 301 g/mol. The highest BCUT2D eigenvalue weighted by Gasteiger charge is 2.19. The molecular formula is C17H23N3O2. The Balaban J connectivity index is 1.52. The topological polar surface area (TPSA) is 60.1 Å². The van der Waals surface area contributed by atoms with Crippen molar-refractivity contribution in [2.45, 2.75) is 44.6 Å². The van der Waals surface area contributed by atoms with Crippen molar-refractivity contribution < 1.29 is 9.21 Å². The second-order valence-corrected chi connectivity index (χ2v) is 6.01. The van der Waals surface area contributed by atoms with Crippen LogP contribution in [0.3, 0.4) is 0 Å². The summed E-state index contributed by atoms with van der Waals surface area (Å²) in [7, 11) is 0. The second-order valence-electron chi connectivity index (χ2n) is 6.01. The number of hydrogen-bond acceptors (Lipinski definition) is 3. The molecule has 118 valence electrons. The Bertz CT molecular complexity index is 523. The van der Waals surface area contributed by atoms with Crippen molar-refractivity contribution in [2.75, 3.05) is 6.54 Å². The molecule has 1 N–H and O–H groups in total. The van der Waals surface area contributed by atoms with E-state index in [1.54, 1.807) is 12.5 Å². The maximum atomic E-state index is 12.1. The molecule has 5 nitrogen and oxygen atoms in total. The molecule has 0 aliphatic heterocycles. The van der Waals surface area contributed by atoms with E-state index in [1.165, 1.54) is 25.7 Å².